The highest BCUT2D eigenvalue weighted by Gasteiger charge is 2.15. The SMILES string of the molecule is SOc1ccc(OS)c(-c2ccc(OS)c3ccc(OS)cc23)c1. The smallest absolute Gasteiger partial charge is 0.145 e. The molecule has 0 heterocycles. The van der Waals surface area contributed by atoms with Crippen molar-refractivity contribution in [3.63, 3.8) is 0 Å². The number of rotatable bonds is 5. The van der Waals surface area contributed by atoms with E-state index in [2.05, 4.69) is 51.6 Å². The van der Waals surface area contributed by atoms with Crippen LogP contribution in [0.5, 0.6) is 23.0 Å². The Morgan fingerprint density at radius 3 is 1.79 bits per heavy atom. The quantitative estimate of drug-likeness (QED) is 0.344. The molecule has 0 saturated carbocycles. The molecule has 124 valence electrons. The Morgan fingerprint density at radius 2 is 1.12 bits per heavy atom. The summed E-state index contributed by atoms with van der Waals surface area (Å²) in [5.74, 6) is 2.37. The molecule has 0 amide bonds. The zero-order chi connectivity index (χ0) is 17.1. The summed E-state index contributed by atoms with van der Waals surface area (Å²) < 4.78 is 20.4. The van der Waals surface area contributed by atoms with E-state index in [1.807, 2.05) is 30.3 Å². The number of fused-ring (bicyclic) bond motifs is 1. The topological polar surface area (TPSA) is 36.9 Å². The van der Waals surface area contributed by atoms with E-state index < -0.39 is 0 Å². The molecule has 8 heteroatoms. The number of thiol groups is 4. The monoisotopic (exact) mass is 396 g/mol. The molecule has 0 atom stereocenters. The van der Waals surface area contributed by atoms with Crippen LogP contribution >= 0.6 is 51.6 Å². The molecule has 0 aliphatic heterocycles. The molecule has 0 fully saturated rings. The van der Waals surface area contributed by atoms with Gasteiger partial charge in [0.25, 0.3) is 0 Å². The van der Waals surface area contributed by atoms with E-state index in [4.69, 9.17) is 16.7 Å². The van der Waals surface area contributed by atoms with E-state index in [0.717, 1.165) is 21.9 Å². The summed E-state index contributed by atoms with van der Waals surface area (Å²) in [6, 6.07) is 14.5. The predicted octanol–water partition coefficient (Wildman–Crippen LogP) is 5.40. The van der Waals surface area contributed by atoms with E-state index >= 15 is 0 Å². The second-order valence-electron chi connectivity index (χ2n) is 4.84. The minimum atomic E-state index is 0.575. The molecule has 0 spiro atoms. The normalized spacial score (nSPS) is 10.5. The van der Waals surface area contributed by atoms with Gasteiger partial charge in [0.05, 0.1) is 0 Å². The lowest BCUT2D eigenvalue weighted by Crippen LogP contribution is -1.89. The molecule has 4 nitrogen and oxygen atoms in total. The molecule has 0 radical (unpaired) electrons. The van der Waals surface area contributed by atoms with Crippen LogP contribution in [0.15, 0.2) is 48.5 Å². The molecule has 0 aliphatic rings. The van der Waals surface area contributed by atoms with E-state index in [9.17, 15) is 0 Å². The first-order valence-corrected chi connectivity index (χ1v) is 8.14. The average Bonchev–Trinajstić information content (AvgIpc) is 2.66. The minimum absolute atomic E-state index is 0.575. The van der Waals surface area contributed by atoms with Gasteiger partial charge in [0.2, 0.25) is 0 Å². The molecule has 0 unspecified atom stereocenters. The van der Waals surface area contributed by atoms with Crippen LogP contribution in [0.2, 0.25) is 0 Å². The zero-order valence-corrected chi connectivity index (χ0v) is 15.6. The fraction of sp³-hybridized carbons (Fsp3) is 0. The van der Waals surface area contributed by atoms with Crippen LogP contribution in [-0.4, -0.2) is 0 Å². The standard InChI is InChI=1S/C16H12O4S4/c21-17-9-1-3-12-13(7-9)11(4-6-15(12)19-23)14-8-10(18-22)2-5-16(14)20-24/h1-8,21-24H. The Kier molecular flexibility index (Phi) is 5.50. The lowest BCUT2D eigenvalue weighted by atomic mass is 9.96. The molecule has 0 N–H and O–H groups in total. The fourth-order valence-electron chi connectivity index (χ4n) is 2.53. The summed E-state index contributed by atoms with van der Waals surface area (Å²) in [5, 5.41) is 1.73. The van der Waals surface area contributed by atoms with Crippen molar-refractivity contribution < 1.29 is 16.7 Å². The second kappa shape index (κ2) is 7.60. The molecule has 0 aromatic heterocycles. The van der Waals surface area contributed by atoms with Crippen LogP contribution in [0.1, 0.15) is 0 Å². The number of benzene rings is 3. The largest absolute Gasteiger partial charge is 0.429 e. The second-order valence-corrected chi connectivity index (χ2v) is 5.57. The van der Waals surface area contributed by atoms with Crippen molar-refractivity contribution in [2.24, 2.45) is 0 Å². The highest BCUT2D eigenvalue weighted by molar-refractivity contribution is 7.75. The van der Waals surface area contributed by atoms with Crippen LogP contribution in [-0.2, 0) is 0 Å². The highest BCUT2D eigenvalue weighted by Crippen LogP contribution is 2.42. The fourth-order valence-corrected chi connectivity index (χ4v) is 3.07. The molecule has 3 aromatic rings. The van der Waals surface area contributed by atoms with Crippen molar-refractivity contribution >= 4 is 62.4 Å². The van der Waals surface area contributed by atoms with Gasteiger partial charge in [0, 0.05) is 62.6 Å². The third-order valence-corrected chi connectivity index (χ3v) is 4.41. The molecule has 3 rings (SSSR count). The summed E-state index contributed by atoms with van der Waals surface area (Å²) in [6.07, 6.45) is 0. The summed E-state index contributed by atoms with van der Waals surface area (Å²) in [7, 11) is 0. The molecular weight excluding hydrogens is 384 g/mol. The molecular formula is C16H12O4S4. The Labute approximate surface area is 161 Å². The first-order chi connectivity index (χ1) is 11.7. The first kappa shape index (κ1) is 17.3. The summed E-state index contributed by atoms with van der Waals surface area (Å²) in [5.41, 5.74) is 1.66. The Morgan fingerprint density at radius 1 is 0.500 bits per heavy atom. The van der Waals surface area contributed by atoms with E-state index in [0.29, 0.717) is 23.0 Å². The molecule has 0 aliphatic carbocycles. The van der Waals surface area contributed by atoms with Crippen LogP contribution in [0.3, 0.4) is 0 Å². The maximum atomic E-state index is 5.18. The van der Waals surface area contributed by atoms with Gasteiger partial charge in [-0.25, -0.2) is 0 Å². The van der Waals surface area contributed by atoms with Gasteiger partial charge in [-0.1, -0.05) is 0 Å². The lowest BCUT2D eigenvalue weighted by molar-refractivity contribution is 0.642. The third-order valence-electron chi connectivity index (χ3n) is 3.60. The highest BCUT2D eigenvalue weighted by atomic mass is 32.1. The van der Waals surface area contributed by atoms with Gasteiger partial charge in [-0.15, -0.1) is 0 Å². The van der Waals surface area contributed by atoms with Gasteiger partial charge in [-0.3, -0.25) is 0 Å². The van der Waals surface area contributed by atoms with Gasteiger partial charge < -0.3 is 16.7 Å². The summed E-state index contributed by atoms with van der Waals surface area (Å²) >= 11 is 15.6. The van der Waals surface area contributed by atoms with Crippen LogP contribution in [0.4, 0.5) is 0 Å². The van der Waals surface area contributed by atoms with Gasteiger partial charge in [0.1, 0.15) is 23.0 Å². The number of hydrogen-bond acceptors (Lipinski definition) is 8. The van der Waals surface area contributed by atoms with Gasteiger partial charge in [0.15, 0.2) is 0 Å². The minimum Gasteiger partial charge on any atom is -0.429 e. The van der Waals surface area contributed by atoms with Crippen LogP contribution in [0, 0.1) is 0 Å². The van der Waals surface area contributed by atoms with Gasteiger partial charge in [-0.2, -0.15) is 0 Å². The maximum Gasteiger partial charge on any atom is 0.145 e. The summed E-state index contributed by atoms with van der Waals surface area (Å²) in [4.78, 5) is 0. The van der Waals surface area contributed by atoms with Crippen LogP contribution in [0.25, 0.3) is 21.9 Å². The Hall–Kier alpha value is -1.48. The van der Waals surface area contributed by atoms with Gasteiger partial charge in [-0.05, 0) is 59.5 Å². The lowest BCUT2D eigenvalue weighted by Gasteiger charge is -2.14. The predicted molar refractivity (Wildman–Crippen MR) is 108 cm³/mol. The van der Waals surface area contributed by atoms with E-state index in [-0.39, 0.29) is 0 Å². The maximum absolute atomic E-state index is 5.18. The van der Waals surface area contributed by atoms with Crippen LogP contribution < -0.4 is 16.7 Å². The van der Waals surface area contributed by atoms with Gasteiger partial charge >= 0.3 is 0 Å². The Bertz CT molecular complexity index is 885. The van der Waals surface area contributed by atoms with Crippen molar-refractivity contribution in [2.75, 3.05) is 0 Å². The van der Waals surface area contributed by atoms with Crippen molar-refractivity contribution in [1.82, 2.24) is 0 Å². The van der Waals surface area contributed by atoms with Crippen molar-refractivity contribution in [2.45, 2.75) is 0 Å². The molecule has 3 aromatic carbocycles. The molecule has 0 saturated heterocycles. The van der Waals surface area contributed by atoms with Crippen molar-refractivity contribution in [3.8, 4) is 34.1 Å². The summed E-state index contributed by atoms with van der Waals surface area (Å²) in [6.45, 7) is 0. The molecule has 0 bridgehead atoms. The van der Waals surface area contributed by atoms with E-state index in [1.165, 1.54) is 0 Å². The Balaban J connectivity index is 2.34. The molecule has 24 heavy (non-hydrogen) atoms. The zero-order valence-electron chi connectivity index (χ0n) is 12.0. The first-order valence-electron chi connectivity index (χ1n) is 6.68. The van der Waals surface area contributed by atoms with Crippen molar-refractivity contribution in [3.05, 3.63) is 48.5 Å². The number of hydrogen-bond donors (Lipinski definition) is 4. The van der Waals surface area contributed by atoms with Crippen molar-refractivity contribution in [1.29, 1.82) is 0 Å². The average molecular weight is 397 g/mol. The third kappa shape index (κ3) is 3.19. The van der Waals surface area contributed by atoms with E-state index in [1.54, 1.807) is 18.2 Å².